The molecule has 1 aromatic heterocycles. The highest BCUT2D eigenvalue weighted by molar-refractivity contribution is 14.1. The highest BCUT2D eigenvalue weighted by Gasteiger charge is 2.13. The first-order chi connectivity index (χ1) is 10.1. The zero-order valence-corrected chi connectivity index (χ0v) is 14.5. The summed E-state index contributed by atoms with van der Waals surface area (Å²) < 4.78 is 1.21. The first-order valence-electron chi connectivity index (χ1n) is 7.15. The highest BCUT2D eigenvalue weighted by Crippen LogP contribution is 2.19. The second-order valence-corrected chi connectivity index (χ2v) is 6.31. The summed E-state index contributed by atoms with van der Waals surface area (Å²) in [6, 6.07) is 10.6. The maximum Gasteiger partial charge on any atom is 0.147 e. The first kappa shape index (κ1) is 15.9. The van der Waals surface area contributed by atoms with Gasteiger partial charge in [0, 0.05) is 21.2 Å². The molecule has 0 radical (unpaired) electrons. The van der Waals surface area contributed by atoms with Crippen LogP contribution in [0, 0.1) is 21.8 Å². The van der Waals surface area contributed by atoms with Crippen LogP contribution in [0.5, 0.6) is 0 Å². The Morgan fingerprint density at radius 2 is 1.90 bits per heavy atom. The normalized spacial score (nSPS) is 10.4. The zero-order valence-electron chi connectivity index (χ0n) is 12.4. The summed E-state index contributed by atoms with van der Waals surface area (Å²) in [5.74, 6) is 0.684. The van der Waals surface area contributed by atoms with Gasteiger partial charge in [-0.05, 0) is 60.1 Å². The van der Waals surface area contributed by atoms with Gasteiger partial charge in [0.2, 0.25) is 0 Å². The summed E-state index contributed by atoms with van der Waals surface area (Å²) >= 11 is 2.29. The van der Waals surface area contributed by atoms with Gasteiger partial charge in [-0.25, -0.2) is 9.97 Å². The molecule has 0 saturated heterocycles. The van der Waals surface area contributed by atoms with Crippen LogP contribution in [0.3, 0.4) is 0 Å². The van der Waals surface area contributed by atoms with Crippen molar-refractivity contribution in [3.05, 3.63) is 56.2 Å². The Bertz CT molecular complexity index is 657. The molecule has 0 bridgehead atoms. The van der Waals surface area contributed by atoms with Crippen LogP contribution in [0.25, 0.3) is 0 Å². The number of nitriles is 1. The Morgan fingerprint density at radius 1 is 1.19 bits per heavy atom. The number of aryl methyl sites for hydroxylation is 2. The van der Waals surface area contributed by atoms with Crippen molar-refractivity contribution >= 4 is 22.6 Å². The van der Waals surface area contributed by atoms with Crippen molar-refractivity contribution in [3.63, 3.8) is 0 Å². The number of nitrogens with zero attached hydrogens (tertiary/aromatic N) is 3. The molecular formula is C17H18IN3. The van der Waals surface area contributed by atoms with Gasteiger partial charge in [-0.2, -0.15) is 5.26 Å². The predicted molar refractivity (Wildman–Crippen MR) is 92.1 cm³/mol. The van der Waals surface area contributed by atoms with Crippen LogP contribution in [-0.4, -0.2) is 9.97 Å². The van der Waals surface area contributed by atoms with E-state index in [1.807, 2.05) is 6.92 Å². The minimum Gasteiger partial charge on any atom is -0.238 e. The molecule has 0 fully saturated rings. The fourth-order valence-electron chi connectivity index (χ4n) is 2.29. The van der Waals surface area contributed by atoms with E-state index >= 15 is 0 Å². The monoisotopic (exact) mass is 391 g/mol. The summed E-state index contributed by atoms with van der Waals surface area (Å²) in [6.07, 6.45) is 3.84. The Balaban J connectivity index is 2.39. The van der Waals surface area contributed by atoms with E-state index in [9.17, 15) is 5.26 Å². The second kappa shape index (κ2) is 7.51. The molecule has 2 aromatic rings. The summed E-state index contributed by atoms with van der Waals surface area (Å²) in [7, 11) is 0. The van der Waals surface area contributed by atoms with Crippen molar-refractivity contribution in [2.75, 3.05) is 0 Å². The van der Waals surface area contributed by atoms with Crippen LogP contribution in [-0.2, 0) is 12.8 Å². The zero-order chi connectivity index (χ0) is 15.2. The maximum atomic E-state index is 9.37. The lowest BCUT2D eigenvalue weighted by Crippen LogP contribution is -2.07. The SMILES string of the molecule is CCCCc1nc(C)nc(C#N)c1Cc1ccc(I)cc1. The van der Waals surface area contributed by atoms with E-state index in [1.54, 1.807) is 0 Å². The van der Waals surface area contributed by atoms with Crippen LogP contribution in [0.15, 0.2) is 24.3 Å². The molecule has 0 spiro atoms. The number of aromatic nitrogens is 2. The highest BCUT2D eigenvalue weighted by atomic mass is 127. The van der Waals surface area contributed by atoms with Crippen LogP contribution in [0.2, 0.25) is 0 Å². The summed E-state index contributed by atoms with van der Waals surface area (Å²) in [5.41, 5.74) is 3.72. The predicted octanol–water partition coefficient (Wildman–Crippen LogP) is 4.19. The molecule has 1 aromatic carbocycles. The van der Waals surface area contributed by atoms with Gasteiger partial charge < -0.3 is 0 Å². The molecule has 0 aliphatic rings. The summed E-state index contributed by atoms with van der Waals surface area (Å²) in [5, 5.41) is 9.37. The van der Waals surface area contributed by atoms with Crippen molar-refractivity contribution in [3.8, 4) is 6.07 Å². The molecule has 4 heteroatoms. The smallest absolute Gasteiger partial charge is 0.147 e. The van der Waals surface area contributed by atoms with Crippen LogP contribution >= 0.6 is 22.6 Å². The van der Waals surface area contributed by atoms with Gasteiger partial charge in [0.05, 0.1) is 0 Å². The van der Waals surface area contributed by atoms with Gasteiger partial charge in [-0.3, -0.25) is 0 Å². The molecule has 108 valence electrons. The van der Waals surface area contributed by atoms with E-state index in [-0.39, 0.29) is 0 Å². The van der Waals surface area contributed by atoms with Crippen molar-refractivity contribution < 1.29 is 0 Å². The molecule has 21 heavy (non-hydrogen) atoms. The lowest BCUT2D eigenvalue weighted by molar-refractivity contribution is 0.755. The van der Waals surface area contributed by atoms with Crippen molar-refractivity contribution in [1.29, 1.82) is 5.26 Å². The molecule has 0 aliphatic heterocycles. The number of halogens is 1. The summed E-state index contributed by atoms with van der Waals surface area (Å²) in [4.78, 5) is 8.87. The Kier molecular flexibility index (Phi) is 5.68. The fourth-order valence-corrected chi connectivity index (χ4v) is 2.65. The number of benzene rings is 1. The molecule has 0 N–H and O–H groups in total. The molecule has 1 heterocycles. The van der Waals surface area contributed by atoms with Gasteiger partial charge in [-0.15, -0.1) is 0 Å². The van der Waals surface area contributed by atoms with Crippen LogP contribution < -0.4 is 0 Å². The molecule has 3 nitrogen and oxygen atoms in total. The Morgan fingerprint density at radius 3 is 2.52 bits per heavy atom. The van der Waals surface area contributed by atoms with E-state index in [0.29, 0.717) is 11.5 Å². The average Bonchev–Trinajstić information content (AvgIpc) is 2.49. The summed E-state index contributed by atoms with van der Waals surface area (Å²) in [6.45, 7) is 4.02. The Hall–Kier alpha value is -1.48. The van der Waals surface area contributed by atoms with E-state index in [0.717, 1.165) is 36.9 Å². The van der Waals surface area contributed by atoms with Gasteiger partial charge in [0.25, 0.3) is 0 Å². The fraction of sp³-hybridized carbons (Fsp3) is 0.353. The number of hydrogen-bond donors (Lipinski definition) is 0. The largest absolute Gasteiger partial charge is 0.238 e. The van der Waals surface area contributed by atoms with Gasteiger partial charge in [0.15, 0.2) is 0 Å². The standard InChI is InChI=1S/C17H18IN3/c1-3-4-5-16-15(17(11-19)21-12(2)20-16)10-13-6-8-14(18)9-7-13/h6-9H,3-5,10H2,1-2H3. The lowest BCUT2D eigenvalue weighted by Gasteiger charge is -2.11. The number of unbranched alkanes of at least 4 members (excludes halogenated alkanes) is 1. The quantitative estimate of drug-likeness (QED) is 0.718. The second-order valence-electron chi connectivity index (χ2n) is 5.06. The number of rotatable bonds is 5. The van der Waals surface area contributed by atoms with Gasteiger partial charge in [-0.1, -0.05) is 25.5 Å². The molecule has 0 aliphatic carbocycles. The van der Waals surface area contributed by atoms with E-state index in [1.165, 1.54) is 9.13 Å². The molecule has 0 amide bonds. The number of hydrogen-bond acceptors (Lipinski definition) is 3. The van der Waals surface area contributed by atoms with Crippen LogP contribution in [0.4, 0.5) is 0 Å². The van der Waals surface area contributed by atoms with Crippen LogP contribution in [0.1, 0.15) is 48.1 Å². The third-order valence-corrected chi connectivity index (χ3v) is 4.09. The third-order valence-electron chi connectivity index (χ3n) is 3.37. The molecule has 2 rings (SSSR count). The third kappa shape index (κ3) is 4.24. The minimum atomic E-state index is 0.521. The van der Waals surface area contributed by atoms with E-state index < -0.39 is 0 Å². The lowest BCUT2D eigenvalue weighted by atomic mass is 9.99. The first-order valence-corrected chi connectivity index (χ1v) is 8.22. The minimum absolute atomic E-state index is 0.521. The maximum absolute atomic E-state index is 9.37. The van der Waals surface area contributed by atoms with Gasteiger partial charge in [0.1, 0.15) is 17.6 Å². The molecule has 0 atom stereocenters. The van der Waals surface area contributed by atoms with Gasteiger partial charge >= 0.3 is 0 Å². The van der Waals surface area contributed by atoms with Crippen molar-refractivity contribution in [2.24, 2.45) is 0 Å². The average molecular weight is 391 g/mol. The van der Waals surface area contributed by atoms with Crippen molar-refractivity contribution in [2.45, 2.75) is 39.5 Å². The molecular weight excluding hydrogens is 373 g/mol. The van der Waals surface area contributed by atoms with Crippen molar-refractivity contribution in [1.82, 2.24) is 9.97 Å². The molecule has 0 saturated carbocycles. The topological polar surface area (TPSA) is 49.6 Å². The Labute approximate surface area is 139 Å². The van der Waals surface area contributed by atoms with E-state index in [4.69, 9.17) is 0 Å². The molecule has 0 unspecified atom stereocenters. The van der Waals surface area contributed by atoms with E-state index in [2.05, 4.69) is 69.8 Å².